The number of benzene rings is 2. The molecule has 2 aromatic rings. The summed E-state index contributed by atoms with van der Waals surface area (Å²) in [5.41, 5.74) is 1.48. The minimum Gasteiger partial charge on any atom is -0.280 e. The molecule has 0 amide bonds. The first kappa shape index (κ1) is 15.5. The van der Waals surface area contributed by atoms with Crippen LogP contribution in [0.5, 0.6) is 0 Å². The van der Waals surface area contributed by atoms with Crippen LogP contribution >= 0.6 is 34.2 Å². The van der Waals surface area contributed by atoms with Gasteiger partial charge in [-0.2, -0.15) is 0 Å². The van der Waals surface area contributed by atoms with Gasteiger partial charge in [-0.25, -0.2) is 12.8 Å². The van der Waals surface area contributed by atoms with Crippen LogP contribution < -0.4 is 4.72 Å². The Bertz CT molecular complexity index is 765. The number of hydrogen-bond acceptors (Lipinski definition) is 2. The lowest BCUT2D eigenvalue weighted by Crippen LogP contribution is -2.13. The van der Waals surface area contributed by atoms with Gasteiger partial charge in [-0.15, -0.1) is 0 Å². The van der Waals surface area contributed by atoms with Crippen LogP contribution in [0.15, 0.2) is 41.3 Å². The fourth-order valence-corrected chi connectivity index (χ4v) is 3.66. The van der Waals surface area contributed by atoms with E-state index in [4.69, 9.17) is 11.6 Å². The zero-order chi connectivity index (χ0) is 14.9. The molecule has 0 saturated carbocycles. The Labute approximate surface area is 135 Å². The standard InChI is InChI=1S/C13H10ClFINO2S/c1-8-2-4-10(7-12(8)16)17-20(18,19)13-5-3-9(15)6-11(13)14/h2-7,17H,1H3. The Kier molecular flexibility index (Phi) is 4.55. The van der Waals surface area contributed by atoms with Crippen LogP contribution in [-0.4, -0.2) is 8.42 Å². The smallest absolute Gasteiger partial charge is 0.263 e. The quantitative estimate of drug-likeness (QED) is 0.750. The van der Waals surface area contributed by atoms with E-state index in [1.807, 2.05) is 13.0 Å². The number of halogens is 3. The fourth-order valence-electron chi connectivity index (χ4n) is 1.56. The van der Waals surface area contributed by atoms with Gasteiger partial charge in [0.15, 0.2) is 0 Å². The highest BCUT2D eigenvalue weighted by Crippen LogP contribution is 2.25. The fraction of sp³-hybridized carbons (Fsp3) is 0.0769. The van der Waals surface area contributed by atoms with Gasteiger partial charge in [-0.1, -0.05) is 17.7 Å². The highest BCUT2D eigenvalue weighted by molar-refractivity contribution is 14.1. The van der Waals surface area contributed by atoms with Gasteiger partial charge in [0.25, 0.3) is 10.0 Å². The Hall–Kier alpha value is -0.860. The number of hydrogen-bond donors (Lipinski definition) is 1. The summed E-state index contributed by atoms with van der Waals surface area (Å²) in [4.78, 5) is -0.156. The van der Waals surface area contributed by atoms with Crippen molar-refractivity contribution >= 4 is 49.9 Å². The molecule has 0 fully saturated rings. The summed E-state index contributed by atoms with van der Waals surface area (Å²) < 4.78 is 40.7. The van der Waals surface area contributed by atoms with E-state index in [0.29, 0.717) is 5.69 Å². The second kappa shape index (κ2) is 5.87. The highest BCUT2D eigenvalue weighted by Gasteiger charge is 2.18. The molecule has 106 valence electrons. The minimum atomic E-state index is -3.84. The Morgan fingerprint density at radius 1 is 1.20 bits per heavy atom. The largest absolute Gasteiger partial charge is 0.280 e. The lowest BCUT2D eigenvalue weighted by molar-refractivity contribution is 0.600. The van der Waals surface area contributed by atoms with E-state index in [-0.39, 0.29) is 9.92 Å². The molecular weight excluding hydrogens is 416 g/mol. The molecule has 0 aliphatic rings. The van der Waals surface area contributed by atoms with Crippen molar-refractivity contribution in [3.05, 3.63) is 56.4 Å². The third kappa shape index (κ3) is 3.42. The zero-order valence-electron chi connectivity index (χ0n) is 10.3. The first-order chi connectivity index (χ1) is 9.29. The Balaban J connectivity index is 2.38. The molecule has 2 aromatic carbocycles. The number of rotatable bonds is 3. The van der Waals surface area contributed by atoms with Crippen LogP contribution in [-0.2, 0) is 10.0 Å². The lowest BCUT2D eigenvalue weighted by atomic mass is 10.2. The third-order valence-electron chi connectivity index (χ3n) is 2.61. The van der Waals surface area contributed by atoms with Crippen LogP contribution in [0.4, 0.5) is 10.1 Å². The van der Waals surface area contributed by atoms with Crippen LogP contribution in [0, 0.1) is 16.3 Å². The summed E-state index contributed by atoms with van der Waals surface area (Å²) in [6.07, 6.45) is 0. The van der Waals surface area contributed by atoms with Gasteiger partial charge in [0.1, 0.15) is 10.7 Å². The normalized spacial score (nSPS) is 11.4. The summed E-state index contributed by atoms with van der Waals surface area (Å²) in [5, 5.41) is -0.153. The van der Waals surface area contributed by atoms with Crippen molar-refractivity contribution in [1.82, 2.24) is 0 Å². The molecule has 0 atom stereocenters. The third-order valence-corrected chi connectivity index (χ3v) is 5.63. The van der Waals surface area contributed by atoms with Crippen molar-refractivity contribution in [3.8, 4) is 0 Å². The second-order valence-electron chi connectivity index (χ2n) is 4.14. The molecule has 2 rings (SSSR count). The van der Waals surface area contributed by atoms with Gasteiger partial charge in [-0.3, -0.25) is 4.72 Å². The summed E-state index contributed by atoms with van der Waals surface area (Å²) in [5.74, 6) is -0.584. The highest BCUT2D eigenvalue weighted by atomic mass is 127. The van der Waals surface area contributed by atoms with Crippen LogP contribution in [0.1, 0.15) is 5.56 Å². The van der Waals surface area contributed by atoms with E-state index in [2.05, 4.69) is 27.3 Å². The maximum atomic E-state index is 13.0. The zero-order valence-corrected chi connectivity index (χ0v) is 14.1. The van der Waals surface area contributed by atoms with Crippen molar-refractivity contribution in [1.29, 1.82) is 0 Å². The average molecular weight is 426 g/mol. The molecule has 0 aliphatic heterocycles. The van der Waals surface area contributed by atoms with Gasteiger partial charge in [0.2, 0.25) is 0 Å². The molecule has 1 N–H and O–H groups in total. The predicted molar refractivity (Wildman–Crippen MR) is 86.1 cm³/mol. The van der Waals surface area contributed by atoms with Crippen LogP contribution in [0.2, 0.25) is 5.02 Å². The van der Waals surface area contributed by atoms with Crippen molar-refractivity contribution in [2.24, 2.45) is 0 Å². The molecule has 0 radical (unpaired) electrons. The number of aryl methyl sites for hydroxylation is 1. The van der Waals surface area contributed by atoms with Crippen molar-refractivity contribution in [2.45, 2.75) is 11.8 Å². The second-order valence-corrected chi connectivity index (χ2v) is 7.36. The van der Waals surface area contributed by atoms with Crippen molar-refractivity contribution in [2.75, 3.05) is 4.72 Å². The van der Waals surface area contributed by atoms with Gasteiger partial charge >= 0.3 is 0 Å². The first-order valence-corrected chi connectivity index (χ1v) is 8.47. The molecular formula is C13H10ClFINO2S. The molecule has 20 heavy (non-hydrogen) atoms. The first-order valence-electron chi connectivity index (χ1n) is 5.53. The number of sulfonamides is 1. The molecule has 3 nitrogen and oxygen atoms in total. The Morgan fingerprint density at radius 3 is 2.50 bits per heavy atom. The van der Waals surface area contributed by atoms with Gasteiger partial charge in [0.05, 0.1) is 5.02 Å². The summed E-state index contributed by atoms with van der Waals surface area (Å²) in [7, 11) is -3.84. The minimum absolute atomic E-state index is 0.153. The molecule has 0 unspecified atom stereocenters. The molecule has 0 saturated heterocycles. The number of nitrogens with one attached hydrogen (secondary N) is 1. The van der Waals surface area contributed by atoms with Crippen molar-refractivity contribution in [3.63, 3.8) is 0 Å². The summed E-state index contributed by atoms with van der Waals surface area (Å²) in [6, 6.07) is 8.34. The Morgan fingerprint density at radius 2 is 1.90 bits per heavy atom. The summed E-state index contributed by atoms with van der Waals surface area (Å²) >= 11 is 7.89. The van der Waals surface area contributed by atoms with Gasteiger partial charge in [0, 0.05) is 9.26 Å². The van der Waals surface area contributed by atoms with E-state index < -0.39 is 15.8 Å². The molecule has 7 heteroatoms. The molecule has 0 bridgehead atoms. The van der Waals surface area contributed by atoms with E-state index >= 15 is 0 Å². The molecule has 0 spiro atoms. The summed E-state index contributed by atoms with van der Waals surface area (Å²) in [6.45, 7) is 1.93. The lowest BCUT2D eigenvalue weighted by Gasteiger charge is -2.10. The van der Waals surface area contributed by atoms with E-state index in [1.54, 1.807) is 12.1 Å². The molecule has 0 aromatic heterocycles. The molecule has 0 aliphatic carbocycles. The molecule has 0 heterocycles. The maximum absolute atomic E-state index is 13.0. The van der Waals surface area contributed by atoms with E-state index in [9.17, 15) is 12.8 Å². The van der Waals surface area contributed by atoms with Crippen molar-refractivity contribution < 1.29 is 12.8 Å². The SMILES string of the molecule is Cc1ccc(NS(=O)(=O)c2ccc(F)cc2Cl)cc1I. The topological polar surface area (TPSA) is 46.2 Å². The van der Waals surface area contributed by atoms with Crippen LogP contribution in [0.3, 0.4) is 0 Å². The van der Waals surface area contributed by atoms with Gasteiger partial charge < -0.3 is 0 Å². The van der Waals surface area contributed by atoms with E-state index in [0.717, 1.165) is 27.3 Å². The van der Waals surface area contributed by atoms with E-state index in [1.165, 1.54) is 0 Å². The number of anilines is 1. The predicted octanol–water partition coefficient (Wildman–Crippen LogP) is 4.19. The van der Waals surface area contributed by atoms with Crippen LogP contribution in [0.25, 0.3) is 0 Å². The average Bonchev–Trinajstić information content (AvgIpc) is 2.33. The monoisotopic (exact) mass is 425 g/mol. The maximum Gasteiger partial charge on any atom is 0.263 e. The van der Waals surface area contributed by atoms with Gasteiger partial charge in [-0.05, 0) is 65.4 Å².